The Kier molecular flexibility index (Phi) is 7.78. The lowest BCUT2D eigenvalue weighted by molar-refractivity contribution is -0.0869. The molecule has 0 saturated carbocycles. The first kappa shape index (κ1) is 22.3. The molecule has 0 bridgehead atoms. The first-order chi connectivity index (χ1) is 12.7. The van der Waals surface area contributed by atoms with E-state index in [2.05, 4.69) is 9.44 Å². The summed E-state index contributed by atoms with van der Waals surface area (Å²) in [6.07, 6.45) is 0.631. The minimum Gasteiger partial charge on any atom is -0.394 e. The van der Waals surface area contributed by atoms with Crippen molar-refractivity contribution in [2.24, 2.45) is 0 Å². The molecule has 3 atom stereocenters. The summed E-state index contributed by atoms with van der Waals surface area (Å²) in [5.41, 5.74) is 0.642. The number of hydrogen-bond donors (Lipinski definition) is 3. The highest BCUT2D eigenvalue weighted by atomic mass is 32.2. The molecule has 1 aliphatic heterocycles. The van der Waals surface area contributed by atoms with E-state index in [4.69, 9.17) is 4.74 Å². The third-order valence-corrected chi connectivity index (χ3v) is 7.71. The van der Waals surface area contributed by atoms with Crippen LogP contribution in [0.3, 0.4) is 0 Å². The van der Waals surface area contributed by atoms with Crippen molar-refractivity contribution >= 4 is 20.0 Å². The summed E-state index contributed by atoms with van der Waals surface area (Å²) in [7, 11) is -6.98. The van der Waals surface area contributed by atoms with Gasteiger partial charge in [-0.3, -0.25) is 0 Å². The topological polar surface area (TPSA) is 122 Å². The summed E-state index contributed by atoms with van der Waals surface area (Å²) < 4.78 is 59.2. The molecule has 0 spiro atoms. The number of nitrogens with one attached hydrogen (secondary N) is 2. The lowest BCUT2D eigenvalue weighted by atomic mass is 9.98. The molecular weight excluding hydrogens is 392 g/mol. The minimum atomic E-state index is -3.72. The van der Waals surface area contributed by atoms with Crippen LogP contribution in [-0.4, -0.2) is 59.1 Å². The molecule has 2 rings (SSSR count). The van der Waals surface area contributed by atoms with Crippen molar-refractivity contribution < 1.29 is 26.7 Å². The van der Waals surface area contributed by atoms with Gasteiger partial charge in [0, 0.05) is 6.54 Å². The maximum atomic E-state index is 12.7. The Balaban J connectivity index is 1.96. The van der Waals surface area contributed by atoms with Crippen LogP contribution in [0.5, 0.6) is 0 Å². The van der Waals surface area contributed by atoms with Gasteiger partial charge in [0.05, 0.1) is 35.5 Å². The Hall–Kier alpha value is -1.04. The van der Waals surface area contributed by atoms with E-state index in [1.54, 1.807) is 32.0 Å². The molecule has 1 aromatic carbocycles. The summed E-state index contributed by atoms with van der Waals surface area (Å²) in [5, 5.41) is 9.62. The van der Waals surface area contributed by atoms with Crippen LogP contribution in [0, 0.1) is 6.92 Å². The van der Waals surface area contributed by atoms with Crippen LogP contribution in [0.25, 0.3) is 0 Å². The summed E-state index contributed by atoms with van der Waals surface area (Å²) in [6, 6.07) is 6.16. The van der Waals surface area contributed by atoms with E-state index in [1.807, 2.05) is 0 Å². The Morgan fingerprint density at radius 2 is 1.89 bits per heavy atom. The highest BCUT2D eigenvalue weighted by Gasteiger charge is 2.34. The third-order valence-electron chi connectivity index (χ3n) is 4.65. The van der Waals surface area contributed by atoms with Gasteiger partial charge in [-0.25, -0.2) is 26.3 Å². The fourth-order valence-electron chi connectivity index (χ4n) is 3.08. The Labute approximate surface area is 161 Å². The quantitative estimate of drug-likeness (QED) is 0.535. The van der Waals surface area contributed by atoms with Crippen molar-refractivity contribution in [2.75, 3.05) is 18.9 Å². The van der Waals surface area contributed by atoms with Crippen molar-refractivity contribution in [3.05, 3.63) is 29.8 Å². The van der Waals surface area contributed by atoms with Crippen LogP contribution < -0.4 is 9.44 Å². The molecule has 1 aliphatic rings. The monoisotopic (exact) mass is 420 g/mol. The highest BCUT2D eigenvalue weighted by molar-refractivity contribution is 7.89. The fraction of sp³-hybridized carbons (Fsp3) is 0.647. The van der Waals surface area contributed by atoms with Crippen LogP contribution >= 0.6 is 0 Å². The molecule has 0 aromatic heterocycles. The van der Waals surface area contributed by atoms with E-state index in [1.165, 1.54) is 6.07 Å². The Bertz CT molecular complexity index is 826. The van der Waals surface area contributed by atoms with Gasteiger partial charge in [-0.15, -0.1) is 0 Å². The molecule has 0 unspecified atom stereocenters. The molecule has 1 aromatic rings. The van der Waals surface area contributed by atoms with Crippen molar-refractivity contribution in [3.8, 4) is 0 Å². The van der Waals surface area contributed by atoms with E-state index in [0.717, 1.165) is 0 Å². The molecule has 0 amide bonds. The van der Waals surface area contributed by atoms with E-state index < -0.39 is 32.2 Å². The molecular formula is C17H28N2O6S2. The second-order valence-corrected chi connectivity index (χ2v) is 10.4. The molecule has 0 radical (unpaired) electrons. The second-order valence-electron chi connectivity index (χ2n) is 6.64. The van der Waals surface area contributed by atoms with Gasteiger partial charge in [0.25, 0.3) is 0 Å². The number of rotatable bonds is 9. The van der Waals surface area contributed by atoms with Gasteiger partial charge < -0.3 is 9.84 Å². The summed E-state index contributed by atoms with van der Waals surface area (Å²) >= 11 is 0. The number of ether oxygens (including phenoxy) is 1. The van der Waals surface area contributed by atoms with Crippen LogP contribution in [0.1, 0.15) is 31.7 Å². The molecule has 154 valence electrons. The standard InChI is InChI=1S/C17H28N2O6S2/c1-3-26(21,22)18-11-10-14-8-9-15(16(12-20)25-14)19-27(23,24)17-7-5-4-6-13(17)2/h4-7,14-16,18-20H,3,8-12H2,1-2H3/t14-,15+,16+/m0/s1. The second kappa shape index (κ2) is 9.44. The van der Waals surface area contributed by atoms with Gasteiger partial charge in [0.1, 0.15) is 0 Å². The molecule has 0 aliphatic carbocycles. The largest absolute Gasteiger partial charge is 0.394 e. The number of benzene rings is 1. The summed E-state index contributed by atoms with van der Waals surface area (Å²) in [4.78, 5) is 0.206. The first-order valence-electron chi connectivity index (χ1n) is 9.00. The molecule has 3 N–H and O–H groups in total. The normalized spacial score (nSPS) is 24.0. The predicted molar refractivity (Wildman–Crippen MR) is 102 cm³/mol. The lowest BCUT2D eigenvalue weighted by Crippen LogP contribution is -2.51. The number of sulfonamides is 2. The van der Waals surface area contributed by atoms with E-state index >= 15 is 0 Å². The molecule has 27 heavy (non-hydrogen) atoms. The zero-order valence-electron chi connectivity index (χ0n) is 15.6. The fourth-order valence-corrected chi connectivity index (χ4v) is 5.25. The van der Waals surface area contributed by atoms with E-state index in [9.17, 15) is 21.9 Å². The van der Waals surface area contributed by atoms with Crippen molar-refractivity contribution in [2.45, 2.75) is 56.3 Å². The minimum absolute atomic E-state index is 0.0144. The van der Waals surface area contributed by atoms with Gasteiger partial charge >= 0.3 is 0 Å². The predicted octanol–water partition coefficient (Wildman–Crippen LogP) is 0.511. The van der Waals surface area contributed by atoms with Crippen molar-refractivity contribution in [1.29, 1.82) is 0 Å². The van der Waals surface area contributed by atoms with E-state index in [-0.39, 0.29) is 29.9 Å². The van der Waals surface area contributed by atoms with Crippen molar-refractivity contribution in [1.82, 2.24) is 9.44 Å². The van der Waals surface area contributed by atoms with Gasteiger partial charge in [0.2, 0.25) is 20.0 Å². The number of aliphatic hydroxyl groups is 1. The van der Waals surface area contributed by atoms with Gasteiger partial charge in [-0.05, 0) is 44.7 Å². The Morgan fingerprint density at radius 1 is 1.19 bits per heavy atom. The highest BCUT2D eigenvalue weighted by Crippen LogP contribution is 2.24. The Morgan fingerprint density at radius 3 is 2.52 bits per heavy atom. The summed E-state index contributed by atoms with van der Waals surface area (Å²) in [5.74, 6) is 0.0144. The number of hydrogen-bond acceptors (Lipinski definition) is 6. The zero-order valence-corrected chi connectivity index (χ0v) is 17.2. The summed E-state index contributed by atoms with van der Waals surface area (Å²) in [6.45, 7) is 3.21. The van der Waals surface area contributed by atoms with Crippen LogP contribution in [0.2, 0.25) is 0 Å². The molecule has 8 nitrogen and oxygen atoms in total. The number of aryl methyl sites for hydroxylation is 1. The SMILES string of the molecule is CCS(=O)(=O)NCC[C@@H]1CC[C@@H](NS(=O)(=O)c2ccccc2C)[C@@H](CO)O1. The molecule has 1 fully saturated rings. The maximum Gasteiger partial charge on any atom is 0.241 e. The van der Waals surface area contributed by atoms with Gasteiger partial charge in [-0.1, -0.05) is 18.2 Å². The molecule has 1 saturated heterocycles. The smallest absolute Gasteiger partial charge is 0.241 e. The maximum absolute atomic E-state index is 12.7. The van der Waals surface area contributed by atoms with Crippen molar-refractivity contribution in [3.63, 3.8) is 0 Å². The van der Waals surface area contributed by atoms with E-state index in [0.29, 0.717) is 24.8 Å². The average molecular weight is 421 g/mol. The molecule has 10 heteroatoms. The molecule has 1 heterocycles. The van der Waals surface area contributed by atoms with Gasteiger partial charge in [0.15, 0.2) is 0 Å². The van der Waals surface area contributed by atoms with Gasteiger partial charge in [-0.2, -0.15) is 0 Å². The third kappa shape index (κ3) is 6.23. The average Bonchev–Trinajstić information content (AvgIpc) is 2.62. The van der Waals surface area contributed by atoms with Crippen LogP contribution in [-0.2, 0) is 24.8 Å². The zero-order chi connectivity index (χ0) is 20.1. The lowest BCUT2D eigenvalue weighted by Gasteiger charge is -2.36. The van der Waals surface area contributed by atoms with Crippen LogP contribution in [0.15, 0.2) is 29.2 Å². The number of aliphatic hydroxyl groups excluding tert-OH is 1. The van der Waals surface area contributed by atoms with Crippen LogP contribution in [0.4, 0.5) is 0 Å². The first-order valence-corrected chi connectivity index (χ1v) is 12.1.